The molecular formula is C12H18N4O. The molecule has 5 nitrogen and oxygen atoms in total. The van der Waals surface area contributed by atoms with Gasteiger partial charge in [0.1, 0.15) is 0 Å². The Labute approximate surface area is 101 Å². The van der Waals surface area contributed by atoms with Crippen LogP contribution < -0.4 is 4.90 Å². The van der Waals surface area contributed by atoms with E-state index in [0.717, 1.165) is 11.3 Å². The quantitative estimate of drug-likeness (QED) is 0.467. The Morgan fingerprint density at radius 1 is 1.35 bits per heavy atom. The van der Waals surface area contributed by atoms with Crippen LogP contribution in [0.2, 0.25) is 0 Å². The van der Waals surface area contributed by atoms with Crippen LogP contribution in [-0.4, -0.2) is 25.8 Å². The van der Waals surface area contributed by atoms with E-state index in [1.807, 2.05) is 43.3 Å². The van der Waals surface area contributed by atoms with Gasteiger partial charge in [-0.3, -0.25) is 0 Å². The number of hydrogen-bond acceptors (Lipinski definition) is 3. The summed E-state index contributed by atoms with van der Waals surface area (Å²) in [4.78, 5) is 4.87. The van der Waals surface area contributed by atoms with Gasteiger partial charge < -0.3 is 10.0 Å². The molecule has 0 fully saturated rings. The van der Waals surface area contributed by atoms with Gasteiger partial charge in [0.2, 0.25) is 0 Å². The normalized spacial score (nSPS) is 11.7. The molecule has 0 aliphatic carbocycles. The van der Waals surface area contributed by atoms with Gasteiger partial charge in [-0.1, -0.05) is 17.2 Å². The van der Waals surface area contributed by atoms with E-state index in [9.17, 15) is 0 Å². The van der Waals surface area contributed by atoms with Crippen LogP contribution in [0.3, 0.4) is 0 Å². The first-order valence-electron chi connectivity index (χ1n) is 5.61. The van der Waals surface area contributed by atoms with Crippen LogP contribution in [0.1, 0.15) is 24.4 Å². The molecule has 0 saturated carbocycles. The Balaban J connectivity index is 2.83. The Morgan fingerprint density at radius 3 is 2.47 bits per heavy atom. The maximum Gasteiger partial charge on any atom is 0.0626 e. The number of anilines is 1. The van der Waals surface area contributed by atoms with Gasteiger partial charge in [0.25, 0.3) is 0 Å². The van der Waals surface area contributed by atoms with Crippen molar-refractivity contribution in [2.75, 3.05) is 25.6 Å². The van der Waals surface area contributed by atoms with Crippen molar-refractivity contribution in [1.82, 2.24) is 0 Å². The van der Waals surface area contributed by atoms with E-state index in [1.54, 1.807) is 0 Å². The van der Waals surface area contributed by atoms with Crippen LogP contribution >= 0.6 is 0 Å². The highest BCUT2D eigenvalue weighted by molar-refractivity contribution is 5.46. The highest BCUT2D eigenvalue weighted by Crippen LogP contribution is 2.24. The molecule has 0 amide bonds. The summed E-state index contributed by atoms with van der Waals surface area (Å²) in [6, 6.07) is 7.73. The zero-order valence-corrected chi connectivity index (χ0v) is 10.2. The second-order valence-electron chi connectivity index (χ2n) is 4.07. The molecule has 0 aromatic heterocycles. The molecule has 5 heteroatoms. The standard InChI is InChI=1S/C12H18N4O/c1-16(2)11-7-5-10(6-8-11)12(14-15-13)4-3-9-17/h5-8,12,17H,3-4,9H2,1-2H3. The average Bonchev–Trinajstić information content (AvgIpc) is 2.34. The first-order chi connectivity index (χ1) is 8.19. The largest absolute Gasteiger partial charge is 0.396 e. The molecule has 1 aromatic rings. The van der Waals surface area contributed by atoms with Crippen LogP contribution in [0.4, 0.5) is 5.69 Å². The smallest absolute Gasteiger partial charge is 0.0626 e. The van der Waals surface area contributed by atoms with Crippen molar-refractivity contribution in [2.45, 2.75) is 18.9 Å². The molecule has 92 valence electrons. The summed E-state index contributed by atoms with van der Waals surface area (Å²) in [6.45, 7) is 0.118. The molecule has 0 spiro atoms. The fraction of sp³-hybridized carbons (Fsp3) is 0.500. The predicted molar refractivity (Wildman–Crippen MR) is 69.0 cm³/mol. The zero-order chi connectivity index (χ0) is 12.7. The Hall–Kier alpha value is -1.71. The lowest BCUT2D eigenvalue weighted by molar-refractivity contribution is 0.280. The van der Waals surface area contributed by atoms with Crippen LogP contribution in [-0.2, 0) is 0 Å². The van der Waals surface area contributed by atoms with Crippen molar-refractivity contribution in [2.24, 2.45) is 5.11 Å². The third-order valence-corrected chi connectivity index (χ3v) is 2.62. The highest BCUT2D eigenvalue weighted by Gasteiger charge is 2.09. The van der Waals surface area contributed by atoms with Gasteiger partial charge in [0.05, 0.1) is 6.04 Å². The molecule has 0 bridgehead atoms. The van der Waals surface area contributed by atoms with Crippen molar-refractivity contribution in [1.29, 1.82) is 0 Å². The third-order valence-electron chi connectivity index (χ3n) is 2.62. The molecule has 0 heterocycles. The molecule has 0 saturated heterocycles. The highest BCUT2D eigenvalue weighted by atomic mass is 16.2. The molecule has 1 unspecified atom stereocenters. The van der Waals surface area contributed by atoms with Gasteiger partial charge in [-0.05, 0) is 36.1 Å². The summed E-state index contributed by atoms with van der Waals surface area (Å²) in [6.07, 6.45) is 1.31. The van der Waals surface area contributed by atoms with Gasteiger partial charge in [-0.25, -0.2) is 0 Å². The maximum atomic E-state index is 8.81. The molecule has 1 aromatic carbocycles. The molecule has 17 heavy (non-hydrogen) atoms. The number of benzene rings is 1. The fourth-order valence-corrected chi connectivity index (χ4v) is 1.63. The van der Waals surface area contributed by atoms with E-state index in [0.29, 0.717) is 12.8 Å². The van der Waals surface area contributed by atoms with Crippen molar-refractivity contribution in [3.8, 4) is 0 Å². The minimum absolute atomic E-state index is 0.118. The van der Waals surface area contributed by atoms with Crippen molar-refractivity contribution >= 4 is 5.69 Å². The first-order valence-corrected chi connectivity index (χ1v) is 5.61. The average molecular weight is 234 g/mol. The van der Waals surface area contributed by atoms with E-state index in [2.05, 4.69) is 10.0 Å². The number of hydrogen-bond donors (Lipinski definition) is 1. The van der Waals surface area contributed by atoms with Crippen LogP contribution in [0.25, 0.3) is 10.4 Å². The summed E-state index contributed by atoms with van der Waals surface area (Å²) in [5, 5.41) is 12.6. The van der Waals surface area contributed by atoms with Gasteiger partial charge in [0.15, 0.2) is 0 Å². The van der Waals surface area contributed by atoms with Gasteiger partial charge in [0, 0.05) is 31.3 Å². The second kappa shape index (κ2) is 6.78. The van der Waals surface area contributed by atoms with E-state index in [4.69, 9.17) is 10.6 Å². The lowest BCUT2D eigenvalue weighted by Gasteiger charge is -2.15. The molecular weight excluding hydrogens is 216 g/mol. The number of rotatable bonds is 6. The minimum Gasteiger partial charge on any atom is -0.396 e. The molecule has 1 N–H and O–H groups in total. The fourth-order valence-electron chi connectivity index (χ4n) is 1.63. The third kappa shape index (κ3) is 3.98. The second-order valence-corrected chi connectivity index (χ2v) is 4.07. The topological polar surface area (TPSA) is 72.2 Å². The summed E-state index contributed by atoms with van der Waals surface area (Å²) in [5.41, 5.74) is 10.6. The molecule has 0 aliphatic rings. The van der Waals surface area contributed by atoms with Crippen LogP contribution in [0.5, 0.6) is 0 Å². The molecule has 1 rings (SSSR count). The Kier molecular flexibility index (Phi) is 5.33. The predicted octanol–water partition coefficient (Wildman–Crippen LogP) is 2.88. The SMILES string of the molecule is CN(C)c1ccc(C(CCCO)N=[N+]=[N-])cc1. The van der Waals surface area contributed by atoms with Crippen molar-refractivity contribution in [3.63, 3.8) is 0 Å². The summed E-state index contributed by atoms with van der Waals surface area (Å²) < 4.78 is 0. The van der Waals surface area contributed by atoms with Gasteiger partial charge >= 0.3 is 0 Å². The van der Waals surface area contributed by atoms with Crippen molar-refractivity contribution < 1.29 is 5.11 Å². The summed E-state index contributed by atoms with van der Waals surface area (Å²) in [5.74, 6) is 0. The van der Waals surface area contributed by atoms with E-state index in [1.165, 1.54) is 0 Å². The summed E-state index contributed by atoms with van der Waals surface area (Å²) >= 11 is 0. The Morgan fingerprint density at radius 2 is 2.00 bits per heavy atom. The van der Waals surface area contributed by atoms with Gasteiger partial charge in [-0.15, -0.1) is 0 Å². The van der Waals surface area contributed by atoms with E-state index < -0.39 is 0 Å². The van der Waals surface area contributed by atoms with Crippen LogP contribution in [0.15, 0.2) is 29.4 Å². The zero-order valence-electron chi connectivity index (χ0n) is 10.2. The Bertz CT molecular complexity index is 382. The molecule has 0 aliphatic heterocycles. The number of aliphatic hydroxyl groups is 1. The minimum atomic E-state index is -0.191. The van der Waals surface area contributed by atoms with E-state index >= 15 is 0 Å². The number of nitrogens with zero attached hydrogens (tertiary/aromatic N) is 4. The van der Waals surface area contributed by atoms with Gasteiger partial charge in [-0.2, -0.15) is 0 Å². The number of azide groups is 1. The molecule has 0 radical (unpaired) electrons. The lowest BCUT2D eigenvalue weighted by atomic mass is 10.0. The lowest BCUT2D eigenvalue weighted by Crippen LogP contribution is -2.08. The van der Waals surface area contributed by atoms with E-state index in [-0.39, 0.29) is 12.6 Å². The van der Waals surface area contributed by atoms with Crippen LogP contribution in [0, 0.1) is 0 Å². The monoisotopic (exact) mass is 234 g/mol. The maximum absolute atomic E-state index is 8.81. The number of aliphatic hydroxyl groups excluding tert-OH is 1. The van der Waals surface area contributed by atoms with Crippen molar-refractivity contribution in [3.05, 3.63) is 40.3 Å². The molecule has 1 atom stereocenters. The summed E-state index contributed by atoms with van der Waals surface area (Å²) in [7, 11) is 3.96. The first kappa shape index (κ1) is 13.4.